The number of hydrogen-bond acceptors (Lipinski definition) is 3. The van der Waals surface area contributed by atoms with Gasteiger partial charge < -0.3 is 4.74 Å². The standard InChI is InChI=1S/C21H24N2O2/c1-4-16-6-8-17(9-7-16)20-14-21(23(22-20)15(3)24)18-10-12-19(13-11-18)25-5-2/h6-13,21H,4-5,14H2,1-3H3. The monoisotopic (exact) mass is 336 g/mol. The van der Waals surface area contributed by atoms with Gasteiger partial charge in [0.1, 0.15) is 5.75 Å². The lowest BCUT2D eigenvalue weighted by molar-refractivity contribution is -0.130. The molecule has 1 aliphatic rings. The van der Waals surface area contributed by atoms with Crippen LogP contribution in [0.15, 0.2) is 53.6 Å². The van der Waals surface area contributed by atoms with Crippen LogP contribution < -0.4 is 4.74 Å². The van der Waals surface area contributed by atoms with Crippen LogP contribution in [0.3, 0.4) is 0 Å². The Kier molecular flexibility index (Phi) is 5.17. The van der Waals surface area contributed by atoms with Crippen molar-refractivity contribution in [1.82, 2.24) is 5.01 Å². The molecule has 0 aliphatic carbocycles. The molecule has 0 fully saturated rings. The fraction of sp³-hybridized carbons (Fsp3) is 0.333. The second-order valence-electron chi connectivity index (χ2n) is 6.18. The molecule has 0 radical (unpaired) electrons. The molecule has 2 aromatic carbocycles. The zero-order chi connectivity index (χ0) is 17.8. The van der Waals surface area contributed by atoms with Crippen molar-refractivity contribution in [3.05, 3.63) is 65.2 Å². The van der Waals surface area contributed by atoms with Crippen molar-refractivity contribution in [2.24, 2.45) is 5.10 Å². The van der Waals surface area contributed by atoms with Crippen LogP contribution in [0.25, 0.3) is 0 Å². The van der Waals surface area contributed by atoms with Crippen LogP contribution in [0.2, 0.25) is 0 Å². The highest BCUT2D eigenvalue weighted by molar-refractivity contribution is 6.03. The molecule has 0 bridgehead atoms. The molecule has 130 valence electrons. The Balaban J connectivity index is 1.84. The minimum Gasteiger partial charge on any atom is -0.494 e. The first-order valence-corrected chi connectivity index (χ1v) is 8.81. The van der Waals surface area contributed by atoms with Crippen LogP contribution in [0.5, 0.6) is 5.75 Å². The summed E-state index contributed by atoms with van der Waals surface area (Å²) in [4.78, 5) is 12.1. The van der Waals surface area contributed by atoms with E-state index in [4.69, 9.17) is 4.74 Å². The number of nitrogens with zero attached hydrogens (tertiary/aromatic N) is 2. The first-order valence-electron chi connectivity index (χ1n) is 8.81. The number of carbonyl (C=O) groups is 1. The van der Waals surface area contributed by atoms with Gasteiger partial charge in [0.2, 0.25) is 5.91 Å². The molecule has 2 aromatic rings. The molecular weight excluding hydrogens is 312 g/mol. The first kappa shape index (κ1) is 17.2. The molecule has 0 N–H and O–H groups in total. The number of amides is 1. The molecule has 0 saturated carbocycles. The van der Waals surface area contributed by atoms with Crippen molar-refractivity contribution in [3.63, 3.8) is 0 Å². The summed E-state index contributed by atoms with van der Waals surface area (Å²) in [5.74, 6) is 0.800. The summed E-state index contributed by atoms with van der Waals surface area (Å²) in [6.45, 7) is 6.31. The van der Waals surface area contributed by atoms with Gasteiger partial charge in [-0.3, -0.25) is 4.79 Å². The number of benzene rings is 2. The van der Waals surface area contributed by atoms with E-state index in [-0.39, 0.29) is 11.9 Å². The third-order valence-electron chi connectivity index (χ3n) is 4.50. The van der Waals surface area contributed by atoms with Crippen molar-refractivity contribution in [2.75, 3.05) is 6.61 Å². The van der Waals surface area contributed by atoms with Gasteiger partial charge in [0.15, 0.2) is 0 Å². The summed E-state index contributed by atoms with van der Waals surface area (Å²) >= 11 is 0. The van der Waals surface area contributed by atoms with Crippen molar-refractivity contribution < 1.29 is 9.53 Å². The number of rotatable bonds is 5. The highest BCUT2D eigenvalue weighted by Crippen LogP contribution is 2.33. The van der Waals surface area contributed by atoms with Gasteiger partial charge in [0, 0.05) is 13.3 Å². The molecule has 0 spiro atoms. The van der Waals surface area contributed by atoms with Crippen LogP contribution in [0.4, 0.5) is 0 Å². The summed E-state index contributed by atoms with van der Waals surface area (Å²) in [5.41, 5.74) is 4.41. The van der Waals surface area contributed by atoms with Crippen LogP contribution in [0.1, 0.15) is 49.9 Å². The molecule has 1 unspecified atom stereocenters. The van der Waals surface area contributed by atoms with E-state index in [1.165, 1.54) is 5.56 Å². The maximum absolute atomic E-state index is 12.1. The van der Waals surface area contributed by atoms with Gasteiger partial charge in [0.05, 0.1) is 18.4 Å². The van der Waals surface area contributed by atoms with E-state index in [1.807, 2.05) is 31.2 Å². The molecular formula is C21H24N2O2. The fourth-order valence-electron chi connectivity index (χ4n) is 3.12. The van der Waals surface area contributed by atoms with Crippen molar-refractivity contribution in [1.29, 1.82) is 0 Å². The highest BCUT2D eigenvalue weighted by Gasteiger charge is 2.31. The van der Waals surface area contributed by atoms with Crippen LogP contribution in [-0.2, 0) is 11.2 Å². The van der Waals surface area contributed by atoms with Crippen LogP contribution in [0, 0.1) is 0 Å². The van der Waals surface area contributed by atoms with Crippen molar-refractivity contribution >= 4 is 11.6 Å². The number of carbonyl (C=O) groups excluding carboxylic acids is 1. The summed E-state index contributed by atoms with van der Waals surface area (Å²) in [6, 6.07) is 16.3. The Morgan fingerprint density at radius 1 is 1.12 bits per heavy atom. The lowest BCUT2D eigenvalue weighted by Gasteiger charge is -2.20. The van der Waals surface area contributed by atoms with Gasteiger partial charge in [-0.25, -0.2) is 5.01 Å². The number of hydrogen-bond donors (Lipinski definition) is 0. The molecule has 1 atom stereocenters. The number of hydrazone groups is 1. The smallest absolute Gasteiger partial charge is 0.240 e. The Bertz CT molecular complexity index is 763. The third-order valence-corrected chi connectivity index (χ3v) is 4.50. The summed E-state index contributed by atoms with van der Waals surface area (Å²) in [6.07, 6.45) is 1.74. The predicted octanol–water partition coefficient (Wildman–Crippen LogP) is 4.35. The fourth-order valence-corrected chi connectivity index (χ4v) is 3.12. The zero-order valence-corrected chi connectivity index (χ0v) is 15.0. The number of ether oxygens (including phenoxy) is 1. The lowest BCUT2D eigenvalue weighted by atomic mass is 9.97. The molecule has 0 saturated heterocycles. The molecule has 3 rings (SSSR count). The lowest BCUT2D eigenvalue weighted by Crippen LogP contribution is -2.24. The van der Waals surface area contributed by atoms with Gasteiger partial charge in [-0.15, -0.1) is 0 Å². The summed E-state index contributed by atoms with van der Waals surface area (Å²) in [7, 11) is 0. The largest absolute Gasteiger partial charge is 0.494 e. The molecule has 0 aromatic heterocycles. The minimum atomic E-state index is -0.0611. The maximum atomic E-state index is 12.1. The Hall–Kier alpha value is -2.62. The normalized spacial score (nSPS) is 16.7. The quantitative estimate of drug-likeness (QED) is 0.815. The van der Waals surface area contributed by atoms with Gasteiger partial charge >= 0.3 is 0 Å². The average molecular weight is 336 g/mol. The first-order chi connectivity index (χ1) is 12.1. The van der Waals surface area contributed by atoms with Gasteiger partial charge in [-0.2, -0.15) is 5.10 Å². The molecule has 1 heterocycles. The average Bonchev–Trinajstić information content (AvgIpc) is 3.08. The van der Waals surface area contributed by atoms with Gasteiger partial charge in [0.25, 0.3) is 0 Å². The molecule has 1 amide bonds. The van der Waals surface area contributed by atoms with E-state index < -0.39 is 0 Å². The second-order valence-corrected chi connectivity index (χ2v) is 6.18. The van der Waals surface area contributed by atoms with Gasteiger partial charge in [-0.1, -0.05) is 43.3 Å². The Morgan fingerprint density at radius 3 is 2.36 bits per heavy atom. The maximum Gasteiger partial charge on any atom is 0.240 e. The van der Waals surface area contributed by atoms with Crippen LogP contribution >= 0.6 is 0 Å². The topological polar surface area (TPSA) is 41.9 Å². The van der Waals surface area contributed by atoms with E-state index in [9.17, 15) is 4.79 Å². The zero-order valence-electron chi connectivity index (χ0n) is 15.0. The predicted molar refractivity (Wildman–Crippen MR) is 99.8 cm³/mol. The summed E-state index contributed by atoms with van der Waals surface area (Å²) < 4.78 is 5.50. The molecule has 4 nitrogen and oxygen atoms in total. The van der Waals surface area contributed by atoms with Crippen LogP contribution in [-0.4, -0.2) is 23.2 Å². The molecule has 4 heteroatoms. The van der Waals surface area contributed by atoms with E-state index >= 15 is 0 Å². The molecule has 25 heavy (non-hydrogen) atoms. The van der Waals surface area contributed by atoms with Crippen molar-refractivity contribution in [3.8, 4) is 5.75 Å². The van der Waals surface area contributed by atoms with E-state index in [2.05, 4.69) is 36.3 Å². The summed E-state index contributed by atoms with van der Waals surface area (Å²) in [5, 5.41) is 6.20. The third kappa shape index (κ3) is 3.73. The minimum absolute atomic E-state index is 0.0425. The number of aryl methyl sites for hydroxylation is 1. The van der Waals surface area contributed by atoms with E-state index in [0.717, 1.165) is 35.4 Å². The highest BCUT2D eigenvalue weighted by atomic mass is 16.5. The van der Waals surface area contributed by atoms with Gasteiger partial charge in [-0.05, 0) is 42.2 Å². The van der Waals surface area contributed by atoms with E-state index in [0.29, 0.717) is 6.61 Å². The Morgan fingerprint density at radius 2 is 1.80 bits per heavy atom. The van der Waals surface area contributed by atoms with Crippen molar-refractivity contribution in [2.45, 2.75) is 39.7 Å². The van der Waals surface area contributed by atoms with E-state index in [1.54, 1.807) is 11.9 Å². The second kappa shape index (κ2) is 7.51. The SMILES string of the molecule is CCOc1ccc(C2CC(c3ccc(CC)cc3)=NN2C(C)=O)cc1. The Labute approximate surface area is 149 Å². The molecule has 1 aliphatic heterocycles.